The van der Waals surface area contributed by atoms with Gasteiger partial charge >= 0.3 is 0 Å². The molecule has 198 valence electrons. The second kappa shape index (κ2) is 12.9. The summed E-state index contributed by atoms with van der Waals surface area (Å²) in [5, 5.41) is 20.1. The number of aliphatic hydroxyl groups is 1. The first-order chi connectivity index (χ1) is 16.7. The normalized spacial score (nSPS) is 20.8. The lowest BCUT2D eigenvalue weighted by Crippen LogP contribution is -2.57. The van der Waals surface area contributed by atoms with Crippen LogP contribution >= 0.6 is 23.2 Å². The van der Waals surface area contributed by atoms with Crippen molar-refractivity contribution in [2.45, 2.75) is 84.5 Å². The Hall–Kier alpha value is -2.12. The Balaban J connectivity index is 0.000000830. The van der Waals surface area contributed by atoms with Crippen LogP contribution in [0, 0.1) is 5.41 Å². The Morgan fingerprint density at radius 3 is 2.31 bits per heavy atom. The molecule has 1 unspecified atom stereocenters. The molecule has 2 aromatic carbocycles. The summed E-state index contributed by atoms with van der Waals surface area (Å²) >= 11 is 12.2. The molecule has 1 aliphatic carbocycles. The SMILES string of the molecule is CC(C)(C)C.CC(c1cccc(Cl)c1)[C@@H](NCc1ccc(Cl)cc1NC=O)C(=O)NC1CC(C)(O)C1. The maximum Gasteiger partial charge on any atom is 0.237 e. The van der Waals surface area contributed by atoms with E-state index in [1.807, 2.05) is 31.2 Å². The van der Waals surface area contributed by atoms with E-state index in [0.29, 0.717) is 46.9 Å². The van der Waals surface area contributed by atoms with E-state index in [4.69, 9.17) is 23.2 Å². The summed E-state index contributed by atoms with van der Waals surface area (Å²) in [5.41, 5.74) is 2.10. The molecular formula is C28H39Cl2N3O3. The zero-order chi connectivity index (χ0) is 27.1. The van der Waals surface area contributed by atoms with Crippen LogP contribution in [0.15, 0.2) is 42.5 Å². The highest BCUT2D eigenvalue weighted by molar-refractivity contribution is 6.31. The van der Waals surface area contributed by atoms with E-state index >= 15 is 0 Å². The molecule has 3 rings (SSSR count). The fraction of sp³-hybridized carbons (Fsp3) is 0.500. The molecule has 4 N–H and O–H groups in total. The van der Waals surface area contributed by atoms with Crippen LogP contribution in [-0.2, 0) is 16.1 Å². The minimum absolute atomic E-state index is 0.0545. The largest absolute Gasteiger partial charge is 0.390 e. The van der Waals surface area contributed by atoms with Gasteiger partial charge in [-0.1, -0.05) is 76.0 Å². The molecule has 2 aromatic rings. The molecule has 6 nitrogen and oxygen atoms in total. The van der Waals surface area contributed by atoms with Gasteiger partial charge in [-0.25, -0.2) is 0 Å². The lowest BCUT2D eigenvalue weighted by Gasteiger charge is -2.42. The van der Waals surface area contributed by atoms with E-state index < -0.39 is 11.6 Å². The zero-order valence-electron chi connectivity index (χ0n) is 22.0. The Morgan fingerprint density at radius 1 is 1.14 bits per heavy atom. The van der Waals surface area contributed by atoms with Crippen LogP contribution in [0.2, 0.25) is 10.0 Å². The number of halogens is 2. The first-order valence-corrected chi connectivity index (χ1v) is 12.9. The van der Waals surface area contributed by atoms with Gasteiger partial charge in [0, 0.05) is 34.2 Å². The Labute approximate surface area is 225 Å². The number of hydrogen-bond acceptors (Lipinski definition) is 4. The number of benzene rings is 2. The molecule has 0 heterocycles. The third-order valence-corrected chi connectivity index (χ3v) is 6.14. The molecule has 0 saturated heterocycles. The summed E-state index contributed by atoms with van der Waals surface area (Å²) < 4.78 is 0. The molecule has 1 saturated carbocycles. The van der Waals surface area contributed by atoms with Crippen LogP contribution in [0.3, 0.4) is 0 Å². The van der Waals surface area contributed by atoms with E-state index in [1.165, 1.54) is 0 Å². The van der Waals surface area contributed by atoms with Gasteiger partial charge in [0.15, 0.2) is 0 Å². The second-order valence-electron chi connectivity index (χ2n) is 11.4. The molecule has 36 heavy (non-hydrogen) atoms. The fourth-order valence-corrected chi connectivity index (χ4v) is 4.37. The van der Waals surface area contributed by atoms with E-state index in [9.17, 15) is 14.7 Å². The minimum Gasteiger partial charge on any atom is -0.390 e. The van der Waals surface area contributed by atoms with Crippen LogP contribution in [-0.4, -0.2) is 35.1 Å². The molecule has 0 bridgehead atoms. The smallest absolute Gasteiger partial charge is 0.237 e. The Morgan fingerprint density at radius 2 is 1.75 bits per heavy atom. The van der Waals surface area contributed by atoms with Crippen LogP contribution < -0.4 is 16.0 Å². The summed E-state index contributed by atoms with van der Waals surface area (Å²) in [7, 11) is 0. The predicted octanol–water partition coefficient (Wildman–Crippen LogP) is 5.91. The zero-order valence-corrected chi connectivity index (χ0v) is 23.5. The van der Waals surface area contributed by atoms with Gasteiger partial charge in [0.05, 0.1) is 11.6 Å². The highest BCUT2D eigenvalue weighted by Crippen LogP contribution is 2.32. The maximum absolute atomic E-state index is 13.2. The van der Waals surface area contributed by atoms with Crippen molar-refractivity contribution in [3.63, 3.8) is 0 Å². The van der Waals surface area contributed by atoms with Gasteiger partial charge in [-0.05, 0) is 60.6 Å². The van der Waals surface area contributed by atoms with Crippen molar-refractivity contribution >= 4 is 41.2 Å². The summed E-state index contributed by atoms with van der Waals surface area (Å²) in [6, 6.07) is 12.0. The van der Waals surface area contributed by atoms with Gasteiger partial charge < -0.3 is 21.1 Å². The molecule has 0 spiro atoms. The molecule has 8 heteroatoms. The number of rotatable bonds is 9. The van der Waals surface area contributed by atoms with Crippen molar-refractivity contribution < 1.29 is 14.7 Å². The van der Waals surface area contributed by atoms with Crippen molar-refractivity contribution in [3.8, 4) is 0 Å². The highest BCUT2D eigenvalue weighted by Gasteiger charge is 2.40. The van der Waals surface area contributed by atoms with Crippen LogP contribution in [0.25, 0.3) is 0 Å². The monoisotopic (exact) mass is 535 g/mol. The first kappa shape index (κ1) is 30.1. The standard InChI is InChI=1S/C23H27Cl2N3O3.C5H12/c1-14(15-4-3-5-17(24)8-15)21(22(30)28-19-10-23(2,31)11-19)26-12-16-6-7-18(25)9-20(16)27-13-29;1-5(2,3)4/h3-9,13-14,19,21,26,31H,10-12H2,1-2H3,(H,27,29)(H,28,30);1-4H3/t14?,19?,21-,23?;/m1./s1. The van der Waals surface area contributed by atoms with Gasteiger partial charge in [0.2, 0.25) is 12.3 Å². The molecule has 2 atom stereocenters. The fourth-order valence-electron chi connectivity index (χ4n) is 3.99. The Kier molecular flexibility index (Phi) is 10.8. The van der Waals surface area contributed by atoms with Crippen LogP contribution in [0.4, 0.5) is 5.69 Å². The van der Waals surface area contributed by atoms with Gasteiger partial charge in [-0.2, -0.15) is 0 Å². The molecule has 1 fully saturated rings. The molecule has 2 amide bonds. The molecular weight excluding hydrogens is 497 g/mol. The van der Waals surface area contributed by atoms with Gasteiger partial charge in [0.1, 0.15) is 0 Å². The predicted molar refractivity (Wildman–Crippen MR) is 149 cm³/mol. The Bertz CT molecular complexity index is 1020. The summed E-state index contributed by atoms with van der Waals surface area (Å²) in [6.45, 7) is 12.8. The van der Waals surface area contributed by atoms with E-state index in [1.54, 1.807) is 25.1 Å². The van der Waals surface area contributed by atoms with E-state index in [0.717, 1.165) is 11.1 Å². The van der Waals surface area contributed by atoms with Crippen LogP contribution in [0.5, 0.6) is 0 Å². The quantitative estimate of drug-likeness (QED) is 0.300. The number of nitrogens with one attached hydrogen (secondary N) is 3. The van der Waals surface area contributed by atoms with Crippen molar-refractivity contribution in [3.05, 3.63) is 63.6 Å². The number of hydrogen-bond donors (Lipinski definition) is 4. The molecule has 1 aliphatic rings. The van der Waals surface area contributed by atoms with Crippen molar-refractivity contribution in [2.75, 3.05) is 5.32 Å². The number of amides is 2. The van der Waals surface area contributed by atoms with E-state index in [-0.39, 0.29) is 17.9 Å². The minimum atomic E-state index is -0.724. The number of carbonyl (C=O) groups excluding carboxylic acids is 2. The molecule has 0 radical (unpaired) electrons. The third-order valence-electron chi connectivity index (χ3n) is 5.67. The number of anilines is 1. The maximum atomic E-state index is 13.2. The van der Waals surface area contributed by atoms with Crippen LogP contribution in [0.1, 0.15) is 71.4 Å². The lowest BCUT2D eigenvalue weighted by atomic mass is 9.77. The molecule has 0 aliphatic heterocycles. The average Bonchev–Trinajstić information content (AvgIpc) is 2.73. The lowest BCUT2D eigenvalue weighted by molar-refractivity contribution is -0.127. The van der Waals surface area contributed by atoms with E-state index in [2.05, 4.69) is 43.6 Å². The highest BCUT2D eigenvalue weighted by atomic mass is 35.5. The number of carbonyl (C=O) groups is 2. The third kappa shape index (κ3) is 10.1. The second-order valence-corrected chi connectivity index (χ2v) is 12.2. The van der Waals surface area contributed by atoms with Gasteiger partial charge in [-0.15, -0.1) is 0 Å². The summed E-state index contributed by atoms with van der Waals surface area (Å²) in [6.07, 6.45) is 1.65. The van der Waals surface area contributed by atoms with Gasteiger partial charge in [0.25, 0.3) is 0 Å². The average molecular weight is 537 g/mol. The van der Waals surface area contributed by atoms with Gasteiger partial charge in [-0.3, -0.25) is 9.59 Å². The summed E-state index contributed by atoms with van der Waals surface area (Å²) in [4.78, 5) is 24.1. The first-order valence-electron chi connectivity index (χ1n) is 12.2. The van der Waals surface area contributed by atoms with Crippen molar-refractivity contribution in [1.29, 1.82) is 0 Å². The topological polar surface area (TPSA) is 90.5 Å². The summed E-state index contributed by atoms with van der Waals surface area (Å²) in [5.74, 6) is -0.319. The molecule has 0 aromatic heterocycles. The van der Waals surface area contributed by atoms with Crippen molar-refractivity contribution in [1.82, 2.24) is 10.6 Å². The van der Waals surface area contributed by atoms with Crippen molar-refractivity contribution in [2.24, 2.45) is 5.41 Å².